The molecular formula is C16H17Cl2N5O2. The van der Waals surface area contributed by atoms with Crippen LogP contribution in [0.2, 0.25) is 5.02 Å². The average molecular weight is 382 g/mol. The van der Waals surface area contributed by atoms with E-state index in [2.05, 4.69) is 15.3 Å². The number of carbonyl (C=O) groups excluding carboxylic acids is 2. The molecule has 2 aromatic rings. The van der Waals surface area contributed by atoms with E-state index in [0.29, 0.717) is 23.8 Å². The molecule has 0 aliphatic carbocycles. The number of nitrogens with two attached hydrogens (primary N) is 1. The summed E-state index contributed by atoms with van der Waals surface area (Å²) in [7, 11) is 0. The van der Waals surface area contributed by atoms with Crippen molar-refractivity contribution in [3.05, 3.63) is 53.1 Å². The molecule has 1 aliphatic heterocycles. The van der Waals surface area contributed by atoms with E-state index in [1.165, 1.54) is 12.4 Å². The molecule has 1 aliphatic rings. The van der Waals surface area contributed by atoms with Gasteiger partial charge in [0.2, 0.25) is 0 Å². The van der Waals surface area contributed by atoms with Crippen LogP contribution in [0.1, 0.15) is 27.4 Å². The summed E-state index contributed by atoms with van der Waals surface area (Å²) in [5.41, 5.74) is 6.40. The van der Waals surface area contributed by atoms with Crippen LogP contribution in [-0.4, -0.2) is 45.8 Å². The number of likely N-dealkylation sites (tertiary alicyclic amines) is 1. The fourth-order valence-electron chi connectivity index (χ4n) is 2.51. The van der Waals surface area contributed by atoms with Crippen molar-refractivity contribution in [2.45, 2.75) is 12.5 Å². The van der Waals surface area contributed by atoms with Crippen molar-refractivity contribution in [3.8, 4) is 0 Å². The number of nitrogens with one attached hydrogen (secondary N) is 1. The number of rotatable bonds is 3. The second-order valence-corrected chi connectivity index (χ2v) is 5.95. The first-order valence-corrected chi connectivity index (χ1v) is 7.85. The van der Waals surface area contributed by atoms with Gasteiger partial charge in [-0.05, 0) is 30.7 Å². The number of aromatic nitrogens is 2. The molecule has 2 heterocycles. The van der Waals surface area contributed by atoms with E-state index in [1.807, 2.05) is 0 Å². The Morgan fingerprint density at radius 1 is 1.16 bits per heavy atom. The maximum atomic E-state index is 12.6. The van der Waals surface area contributed by atoms with Crippen molar-refractivity contribution < 1.29 is 9.59 Å². The van der Waals surface area contributed by atoms with E-state index >= 15 is 0 Å². The number of hydrogen-bond acceptors (Lipinski definition) is 5. The Bertz CT molecular complexity index is 769. The molecule has 1 aromatic carbocycles. The van der Waals surface area contributed by atoms with E-state index in [-0.39, 0.29) is 35.7 Å². The lowest BCUT2D eigenvalue weighted by Gasteiger charge is -2.16. The third-order valence-electron chi connectivity index (χ3n) is 3.73. The molecule has 0 radical (unpaired) electrons. The molecule has 1 aromatic heterocycles. The monoisotopic (exact) mass is 381 g/mol. The highest BCUT2D eigenvalue weighted by molar-refractivity contribution is 6.30. The smallest absolute Gasteiger partial charge is 0.276 e. The number of hydrogen-bond donors (Lipinski definition) is 2. The number of amides is 2. The molecule has 9 heteroatoms. The van der Waals surface area contributed by atoms with Gasteiger partial charge < -0.3 is 16.0 Å². The van der Waals surface area contributed by atoms with Gasteiger partial charge in [-0.15, -0.1) is 12.4 Å². The fourth-order valence-corrected chi connectivity index (χ4v) is 2.63. The molecule has 7 nitrogen and oxygen atoms in total. The Labute approximate surface area is 156 Å². The topological polar surface area (TPSA) is 101 Å². The molecule has 0 spiro atoms. The van der Waals surface area contributed by atoms with Gasteiger partial charge in [0.05, 0.1) is 0 Å². The molecule has 0 bridgehead atoms. The van der Waals surface area contributed by atoms with Gasteiger partial charge in [-0.2, -0.15) is 0 Å². The van der Waals surface area contributed by atoms with Gasteiger partial charge >= 0.3 is 0 Å². The van der Waals surface area contributed by atoms with Crippen molar-refractivity contribution in [2.75, 3.05) is 18.4 Å². The van der Waals surface area contributed by atoms with Gasteiger partial charge in [0, 0.05) is 42.2 Å². The highest BCUT2D eigenvalue weighted by Crippen LogP contribution is 2.16. The van der Waals surface area contributed by atoms with Crippen LogP contribution < -0.4 is 11.1 Å². The van der Waals surface area contributed by atoms with Crippen LogP contribution in [0.15, 0.2) is 36.7 Å². The van der Waals surface area contributed by atoms with Gasteiger partial charge in [0.25, 0.3) is 11.8 Å². The summed E-state index contributed by atoms with van der Waals surface area (Å²) in [5, 5.41) is 3.25. The predicted octanol–water partition coefficient (Wildman–Crippen LogP) is 1.98. The van der Waals surface area contributed by atoms with E-state index in [4.69, 9.17) is 17.3 Å². The van der Waals surface area contributed by atoms with Crippen molar-refractivity contribution >= 4 is 41.5 Å². The molecule has 1 fully saturated rings. The normalized spacial score (nSPS) is 16.2. The average Bonchev–Trinajstić information content (AvgIpc) is 3.02. The standard InChI is InChI=1S/C16H16ClN5O2.ClH/c17-10-1-3-12(4-2-10)21-15(23)13-14(20-7-6-19-13)16(24)22-8-5-11(18)9-22;/h1-4,6-7,11H,5,8-9,18H2,(H,21,23);1H/t11-;/m1./s1. The Morgan fingerprint density at radius 3 is 2.40 bits per heavy atom. The SMILES string of the molecule is Cl.N[C@@H]1CCN(C(=O)c2nccnc2C(=O)Nc2ccc(Cl)cc2)C1. The van der Waals surface area contributed by atoms with Crippen LogP contribution in [0.25, 0.3) is 0 Å². The number of halogens is 2. The molecule has 132 valence electrons. The zero-order valence-electron chi connectivity index (χ0n) is 13.2. The van der Waals surface area contributed by atoms with Crippen LogP contribution in [0.4, 0.5) is 5.69 Å². The minimum Gasteiger partial charge on any atom is -0.336 e. The van der Waals surface area contributed by atoms with Gasteiger partial charge in [-0.1, -0.05) is 11.6 Å². The van der Waals surface area contributed by atoms with Crippen LogP contribution in [0.5, 0.6) is 0 Å². The summed E-state index contributed by atoms with van der Waals surface area (Å²) in [4.78, 5) is 34.7. The summed E-state index contributed by atoms with van der Waals surface area (Å²) < 4.78 is 0. The van der Waals surface area contributed by atoms with Gasteiger partial charge in [0.1, 0.15) is 0 Å². The number of nitrogens with zero attached hydrogens (tertiary/aromatic N) is 3. The largest absolute Gasteiger partial charge is 0.336 e. The van der Waals surface area contributed by atoms with Gasteiger partial charge in [0.15, 0.2) is 11.4 Å². The fraction of sp³-hybridized carbons (Fsp3) is 0.250. The minimum atomic E-state index is -0.503. The summed E-state index contributed by atoms with van der Waals surface area (Å²) in [6.07, 6.45) is 3.50. The van der Waals surface area contributed by atoms with Crippen LogP contribution >= 0.6 is 24.0 Å². The second-order valence-electron chi connectivity index (χ2n) is 5.51. The van der Waals surface area contributed by atoms with E-state index in [9.17, 15) is 9.59 Å². The zero-order chi connectivity index (χ0) is 17.1. The molecule has 3 rings (SSSR count). The number of carbonyl (C=O) groups is 2. The number of anilines is 1. The summed E-state index contributed by atoms with van der Waals surface area (Å²) in [6, 6.07) is 6.60. The molecule has 3 N–H and O–H groups in total. The highest BCUT2D eigenvalue weighted by Gasteiger charge is 2.29. The predicted molar refractivity (Wildman–Crippen MR) is 97.2 cm³/mol. The quantitative estimate of drug-likeness (QED) is 0.845. The molecule has 2 amide bonds. The lowest BCUT2D eigenvalue weighted by molar-refractivity contribution is 0.0778. The molecule has 1 saturated heterocycles. The van der Waals surface area contributed by atoms with Gasteiger partial charge in [-0.25, -0.2) is 9.97 Å². The Morgan fingerprint density at radius 2 is 1.80 bits per heavy atom. The molecule has 1 atom stereocenters. The van der Waals surface area contributed by atoms with Crippen molar-refractivity contribution in [2.24, 2.45) is 5.73 Å². The first-order valence-electron chi connectivity index (χ1n) is 7.47. The van der Waals surface area contributed by atoms with Crippen LogP contribution in [0, 0.1) is 0 Å². The Balaban J connectivity index is 0.00000225. The maximum Gasteiger partial charge on any atom is 0.276 e. The lowest BCUT2D eigenvalue weighted by Crippen LogP contribution is -2.34. The minimum absolute atomic E-state index is 0. The van der Waals surface area contributed by atoms with E-state index in [0.717, 1.165) is 6.42 Å². The first-order chi connectivity index (χ1) is 11.5. The second kappa shape index (κ2) is 8.24. The first kappa shape index (κ1) is 19.1. The molecule has 0 saturated carbocycles. The summed E-state index contributed by atoms with van der Waals surface area (Å²) in [6.45, 7) is 1.00. The van der Waals surface area contributed by atoms with Crippen molar-refractivity contribution in [3.63, 3.8) is 0 Å². The highest BCUT2D eigenvalue weighted by atomic mass is 35.5. The molecular weight excluding hydrogens is 365 g/mol. The van der Waals surface area contributed by atoms with E-state index < -0.39 is 5.91 Å². The van der Waals surface area contributed by atoms with Crippen LogP contribution in [0.3, 0.4) is 0 Å². The molecule has 0 unspecified atom stereocenters. The van der Waals surface area contributed by atoms with Gasteiger partial charge in [-0.3, -0.25) is 9.59 Å². The van der Waals surface area contributed by atoms with E-state index in [1.54, 1.807) is 29.2 Å². The Hall–Kier alpha value is -2.22. The summed E-state index contributed by atoms with van der Waals surface area (Å²) >= 11 is 5.82. The van der Waals surface area contributed by atoms with Crippen molar-refractivity contribution in [1.29, 1.82) is 0 Å². The molecule has 25 heavy (non-hydrogen) atoms. The third-order valence-corrected chi connectivity index (χ3v) is 3.98. The number of benzene rings is 1. The third kappa shape index (κ3) is 4.45. The zero-order valence-corrected chi connectivity index (χ0v) is 14.8. The Kier molecular flexibility index (Phi) is 6.30. The maximum absolute atomic E-state index is 12.6. The van der Waals surface area contributed by atoms with Crippen LogP contribution in [-0.2, 0) is 0 Å². The lowest BCUT2D eigenvalue weighted by atomic mass is 10.2. The van der Waals surface area contributed by atoms with Crippen molar-refractivity contribution in [1.82, 2.24) is 14.9 Å². The summed E-state index contributed by atoms with van der Waals surface area (Å²) in [5.74, 6) is -0.838.